The van der Waals surface area contributed by atoms with E-state index in [4.69, 9.17) is 0 Å². The highest BCUT2D eigenvalue weighted by Crippen LogP contribution is 2.03. The number of hydrogen-bond donors (Lipinski definition) is 2. The van der Waals surface area contributed by atoms with Gasteiger partial charge in [-0.3, -0.25) is 4.79 Å². The van der Waals surface area contributed by atoms with E-state index < -0.39 is 0 Å². The smallest absolute Gasteiger partial charge is 0.234 e. The number of rotatable bonds is 7. The van der Waals surface area contributed by atoms with Crippen molar-refractivity contribution in [2.75, 3.05) is 13.1 Å². The van der Waals surface area contributed by atoms with E-state index in [1.165, 1.54) is 24.3 Å². The highest BCUT2D eigenvalue weighted by molar-refractivity contribution is 5.77. The molecule has 0 spiro atoms. The van der Waals surface area contributed by atoms with Crippen molar-refractivity contribution in [3.63, 3.8) is 0 Å². The number of amides is 1. The maximum atomic E-state index is 12.7. The minimum absolute atomic E-state index is 0.122. The van der Waals surface area contributed by atoms with Gasteiger partial charge in [0.2, 0.25) is 5.91 Å². The molecule has 22 heavy (non-hydrogen) atoms. The van der Waals surface area contributed by atoms with E-state index in [9.17, 15) is 13.6 Å². The number of halogens is 2. The third-order valence-electron chi connectivity index (χ3n) is 3.19. The molecular formula is C17H18F2N2O. The Labute approximate surface area is 128 Å². The average Bonchev–Trinajstić information content (AvgIpc) is 2.53. The van der Waals surface area contributed by atoms with Crippen LogP contribution in [-0.4, -0.2) is 19.0 Å². The van der Waals surface area contributed by atoms with Crippen molar-refractivity contribution < 1.29 is 13.6 Å². The summed E-state index contributed by atoms with van der Waals surface area (Å²) in [6, 6.07) is 12.3. The van der Waals surface area contributed by atoms with Crippen LogP contribution in [0.2, 0.25) is 0 Å². The average molecular weight is 304 g/mol. The molecule has 2 rings (SSSR count). The van der Waals surface area contributed by atoms with Gasteiger partial charge in [0, 0.05) is 6.54 Å². The van der Waals surface area contributed by atoms with Crippen molar-refractivity contribution >= 4 is 5.91 Å². The van der Waals surface area contributed by atoms with Gasteiger partial charge in [0.05, 0.1) is 6.54 Å². The van der Waals surface area contributed by atoms with Crippen LogP contribution in [0.4, 0.5) is 8.78 Å². The van der Waals surface area contributed by atoms with Crippen molar-refractivity contribution in [3.8, 4) is 0 Å². The van der Waals surface area contributed by atoms with Crippen LogP contribution in [0.15, 0.2) is 48.5 Å². The summed E-state index contributed by atoms with van der Waals surface area (Å²) in [6.45, 7) is 1.22. The summed E-state index contributed by atoms with van der Waals surface area (Å²) in [6.07, 6.45) is 0.728. The van der Waals surface area contributed by atoms with E-state index in [2.05, 4.69) is 10.6 Å². The Hall–Kier alpha value is -2.27. The van der Waals surface area contributed by atoms with Gasteiger partial charge >= 0.3 is 0 Å². The van der Waals surface area contributed by atoms with Gasteiger partial charge in [-0.1, -0.05) is 24.3 Å². The lowest BCUT2D eigenvalue weighted by molar-refractivity contribution is -0.120. The lowest BCUT2D eigenvalue weighted by atomic mass is 10.1. The van der Waals surface area contributed by atoms with E-state index in [1.807, 2.05) is 0 Å². The second kappa shape index (κ2) is 8.24. The normalized spacial score (nSPS) is 10.5. The molecule has 2 N–H and O–H groups in total. The van der Waals surface area contributed by atoms with Crippen molar-refractivity contribution in [2.24, 2.45) is 0 Å². The van der Waals surface area contributed by atoms with Crippen LogP contribution in [0.1, 0.15) is 11.1 Å². The van der Waals surface area contributed by atoms with Crippen LogP contribution < -0.4 is 10.6 Å². The zero-order valence-corrected chi connectivity index (χ0v) is 12.1. The standard InChI is InChI=1S/C17H18F2N2O/c18-15-5-1-13(2-6-15)9-10-20-12-17(22)21-11-14-3-7-16(19)8-4-14/h1-8,20H,9-12H2,(H,21,22). The molecule has 0 fully saturated rings. The second-order valence-electron chi connectivity index (χ2n) is 4.96. The summed E-state index contributed by atoms with van der Waals surface area (Å²) in [5, 5.41) is 5.78. The summed E-state index contributed by atoms with van der Waals surface area (Å²) >= 11 is 0. The number of nitrogens with one attached hydrogen (secondary N) is 2. The topological polar surface area (TPSA) is 41.1 Å². The summed E-state index contributed by atoms with van der Waals surface area (Å²) < 4.78 is 25.5. The number of benzene rings is 2. The molecule has 0 atom stereocenters. The first-order valence-electron chi connectivity index (χ1n) is 7.10. The summed E-state index contributed by atoms with van der Waals surface area (Å²) in [5.74, 6) is -0.669. The fourth-order valence-electron chi connectivity index (χ4n) is 1.95. The van der Waals surface area contributed by atoms with Crippen molar-refractivity contribution in [1.29, 1.82) is 0 Å². The number of carbonyl (C=O) groups excluding carboxylic acids is 1. The molecular weight excluding hydrogens is 286 g/mol. The Morgan fingerprint density at radius 1 is 0.864 bits per heavy atom. The first-order chi connectivity index (χ1) is 10.6. The third-order valence-corrected chi connectivity index (χ3v) is 3.19. The molecule has 2 aromatic carbocycles. The van der Waals surface area contributed by atoms with E-state index in [0.717, 1.165) is 17.5 Å². The van der Waals surface area contributed by atoms with Crippen LogP contribution in [0, 0.1) is 11.6 Å². The lowest BCUT2D eigenvalue weighted by Crippen LogP contribution is -2.34. The Bertz CT molecular complexity index is 597. The molecule has 0 radical (unpaired) electrons. The number of carbonyl (C=O) groups is 1. The first-order valence-corrected chi connectivity index (χ1v) is 7.10. The van der Waals surface area contributed by atoms with Crippen LogP contribution >= 0.6 is 0 Å². The molecule has 0 heterocycles. The van der Waals surface area contributed by atoms with Gasteiger partial charge in [0.25, 0.3) is 0 Å². The van der Waals surface area contributed by atoms with Crippen LogP contribution in [0.25, 0.3) is 0 Å². The van der Waals surface area contributed by atoms with Crippen molar-refractivity contribution in [3.05, 3.63) is 71.3 Å². The Morgan fingerprint density at radius 2 is 1.41 bits per heavy atom. The zero-order valence-electron chi connectivity index (χ0n) is 12.1. The summed E-state index contributed by atoms with van der Waals surface area (Å²) in [5.41, 5.74) is 1.86. The molecule has 2 aromatic rings. The molecule has 0 saturated heterocycles. The van der Waals surface area contributed by atoms with Gasteiger partial charge in [-0.15, -0.1) is 0 Å². The molecule has 0 unspecified atom stereocenters. The molecule has 5 heteroatoms. The van der Waals surface area contributed by atoms with Crippen LogP contribution in [0.5, 0.6) is 0 Å². The van der Waals surface area contributed by atoms with E-state index in [-0.39, 0.29) is 24.1 Å². The summed E-state index contributed by atoms with van der Waals surface area (Å²) in [4.78, 5) is 11.6. The SMILES string of the molecule is O=C(CNCCc1ccc(F)cc1)NCc1ccc(F)cc1. The summed E-state index contributed by atoms with van der Waals surface area (Å²) in [7, 11) is 0. The van der Waals surface area contributed by atoms with Gasteiger partial charge in [-0.2, -0.15) is 0 Å². The Kier molecular flexibility index (Phi) is 6.03. The van der Waals surface area contributed by atoms with E-state index >= 15 is 0 Å². The molecule has 116 valence electrons. The van der Waals surface area contributed by atoms with Gasteiger partial charge in [-0.25, -0.2) is 8.78 Å². The molecule has 0 aliphatic rings. The molecule has 0 saturated carbocycles. The molecule has 0 aliphatic carbocycles. The van der Waals surface area contributed by atoms with E-state index in [1.54, 1.807) is 24.3 Å². The molecule has 1 amide bonds. The first kappa shape index (κ1) is 16.1. The van der Waals surface area contributed by atoms with Crippen LogP contribution in [-0.2, 0) is 17.8 Å². The molecule has 0 bridgehead atoms. The van der Waals surface area contributed by atoms with Gasteiger partial charge in [0.1, 0.15) is 11.6 Å². The third kappa shape index (κ3) is 5.61. The number of hydrogen-bond acceptors (Lipinski definition) is 2. The minimum atomic E-state index is -0.294. The fraction of sp³-hybridized carbons (Fsp3) is 0.235. The van der Waals surface area contributed by atoms with Gasteiger partial charge in [-0.05, 0) is 48.4 Å². The molecule has 0 aromatic heterocycles. The highest BCUT2D eigenvalue weighted by Gasteiger charge is 2.01. The van der Waals surface area contributed by atoms with Gasteiger partial charge in [0.15, 0.2) is 0 Å². The minimum Gasteiger partial charge on any atom is -0.351 e. The monoisotopic (exact) mass is 304 g/mol. The van der Waals surface area contributed by atoms with Crippen molar-refractivity contribution in [1.82, 2.24) is 10.6 Å². The van der Waals surface area contributed by atoms with Crippen LogP contribution in [0.3, 0.4) is 0 Å². The maximum Gasteiger partial charge on any atom is 0.234 e. The van der Waals surface area contributed by atoms with Crippen molar-refractivity contribution in [2.45, 2.75) is 13.0 Å². The van der Waals surface area contributed by atoms with E-state index in [0.29, 0.717) is 13.1 Å². The second-order valence-corrected chi connectivity index (χ2v) is 4.96. The molecule has 0 aliphatic heterocycles. The maximum absolute atomic E-state index is 12.7. The predicted molar refractivity (Wildman–Crippen MR) is 81.2 cm³/mol. The quantitative estimate of drug-likeness (QED) is 0.771. The zero-order chi connectivity index (χ0) is 15.8. The predicted octanol–water partition coefficient (Wildman–Crippen LogP) is 2.41. The van der Waals surface area contributed by atoms with Gasteiger partial charge < -0.3 is 10.6 Å². The lowest BCUT2D eigenvalue weighted by Gasteiger charge is -2.07. The fourth-order valence-corrected chi connectivity index (χ4v) is 1.95. The molecule has 3 nitrogen and oxygen atoms in total. The largest absolute Gasteiger partial charge is 0.351 e. The Morgan fingerprint density at radius 3 is 2.00 bits per heavy atom. The highest BCUT2D eigenvalue weighted by atomic mass is 19.1. The Balaban J connectivity index is 1.61.